The van der Waals surface area contributed by atoms with E-state index in [0.717, 1.165) is 43.7 Å². The van der Waals surface area contributed by atoms with E-state index in [0.29, 0.717) is 0 Å². The third-order valence-electron chi connectivity index (χ3n) is 3.04. The molecule has 4 heteroatoms. The van der Waals surface area contributed by atoms with Crippen molar-refractivity contribution < 1.29 is 9.53 Å². The number of carbonyl (C=O) groups is 1. The average Bonchev–Trinajstić information content (AvgIpc) is 2.42. The molecule has 0 amide bonds. The van der Waals surface area contributed by atoms with Crippen molar-refractivity contribution in [2.24, 2.45) is 5.73 Å². The van der Waals surface area contributed by atoms with Gasteiger partial charge >= 0.3 is 0 Å². The summed E-state index contributed by atoms with van der Waals surface area (Å²) in [4.78, 5) is 11.3. The SMILES string of the molecule is COCCCCCNc1cccc(C(N)C(C)=O)c1. The third kappa shape index (κ3) is 5.85. The van der Waals surface area contributed by atoms with E-state index in [-0.39, 0.29) is 5.78 Å². The molecule has 0 aliphatic carbocycles. The fourth-order valence-electron chi connectivity index (χ4n) is 1.86. The summed E-state index contributed by atoms with van der Waals surface area (Å²) in [6.07, 6.45) is 3.34. The van der Waals surface area contributed by atoms with Crippen molar-refractivity contribution in [3.05, 3.63) is 29.8 Å². The van der Waals surface area contributed by atoms with Gasteiger partial charge in [-0.15, -0.1) is 0 Å². The molecule has 0 aromatic heterocycles. The van der Waals surface area contributed by atoms with E-state index in [4.69, 9.17) is 10.5 Å². The van der Waals surface area contributed by atoms with Crippen LogP contribution in [-0.2, 0) is 9.53 Å². The Bertz CT molecular complexity index is 393. The number of carbonyl (C=O) groups excluding carboxylic acids is 1. The Morgan fingerprint density at radius 3 is 2.84 bits per heavy atom. The predicted octanol–water partition coefficient (Wildman–Crippen LogP) is 2.50. The number of ketones is 1. The van der Waals surface area contributed by atoms with Crippen LogP contribution in [0.15, 0.2) is 24.3 Å². The van der Waals surface area contributed by atoms with Gasteiger partial charge in [0.15, 0.2) is 5.78 Å². The summed E-state index contributed by atoms with van der Waals surface area (Å²) in [7, 11) is 1.72. The van der Waals surface area contributed by atoms with E-state index in [2.05, 4.69) is 5.32 Å². The van der Waals surface area contributed by atoms with Gasteiger partial charge in [0.1, 0.15) is 0 Å². The molecule has 0 aliphatic heterocycles. The van der Waals surface area contributed by atoms with Crippen molar-refractivity contribution in [3.63, 3.8) is 0 Å². The van der Waals surface area contributed by atoms with Gasteiger partial charge in [0.2, 0.25) is 0 Å². The molecular formula is C15H24N2O2. The molecule has 1 aromatic carbocycles. The fraction of sp³-hybridized carbons (Fsp3) is 0.533. The third-order valence-corrected chi connectivity index (χ3v) is 3.04. The summed E-state index contributed by atoms with van der Waals surface area (Å²) < 4.78 is 5.00. The van der Waals surface area contributed by atoms with Gasteiger partial charge in [-0.25, -0.2) is 0 Å². The van der Waals surface area contributed by atoms with E-state index in [1.54, 1.807) is 7.11 Å². The zero-order valence-electron chi connectivity index (χ0n) is 11.8. The van der Waals surface area contributed by atoms with Crippen molar-refractivity contribution in [1.82, 2.24) is 0 Å². The first-order valence-corrected chi connectivity index (χ1v) is 6.74. The quantitative estimate of drug-likeness (QED) is 0.673. The lowest BCUT2D eigenvalue weighted by Crippen LogP contribution is -2.18. The molecule has 0 radical (unpaired) electrons. The Kier molecular flexibility index (Phi) is 7.15. The molecule has 1 atom stereocenters. The molecule has 0 spiro atoms. The molecule has 1 unspecified atom stereocenters. The molecule has 0 saturated carbocycles. The van der Waals surface area contributed by atoms with Crippen LogP contribution in [0.25, 0.3) is 0 Å². The highest BCUT2D eigenvalue weighted by atomic mass is 16.5. The molecule has 4 nitrogen and oxygen atoms in total. The van der Waals surface area contributed by atoms with Crippen molar-refractivity contribution in [2.45, 2.75) is 32.2 Å². The van der Waals surface area contributed by atoms with Gasteiger partial charge in [-0.1, -0.05) is 12.1 Å². The average molecular weight is 264 g/mol. The van der Waals surface area contributed by atoms with Crippen LogP contribution in [0.1, 0.15) is 37.8 Å². The van der Waals surface area contributed by atoms with Crippen LogP contribution in [0.5, 0.6) is 0 Å². The van der Waals surface area contributed by atoms with Crippen molar-refractivity contribution >= 4 is 11.5 Å². The lowest BCUT2D eigenvalue weighted by Gasteiger charge is -2.11. The fourth-order valence-corrected chi connectivity index (χ4v) is 1.86. The summed E-state index contributed by atoms with van der Waals surface area (Å²) >= 11 is 0. The molecule has 0 bridgehead atoms. The minimum atomic E-state index is -0.525. The van der Waals surface area contributed by atoms with Gasteiger partial charge in [0, 0.05) is 25.9 Å². The van der Waals surface area contributed by atoms with Crippen LogP contribution in [0.4, 0.5) is 5.69 Å². The molecule has 1 aromatic rings. The first-order valence-electron chi connectivity index (χ1n) is 6.74. The van der Waals surface area contributed by atoms with Gasteiger partial charge < -0.3 is 15.8 Å². The van der Waals surface area contributed by atoms with Crippen molar-refractivity contribution in [2.75, 3.05) is 25.6 Å². The molecule has 106 valence electrons. The molecule has 19 heavy (non-hydrogen) atoms. The Morgan fingerprint density at radius 2 is 2.16 bits per heavy atom. The molecule has 0 heterocycles. The minimum absolute atomic E-state index is 0.0169. The minimum Gasteiger partial charge on any atom is -0.385 e. The number of nitrogens with two attached hydrogens (primary N) is 1. The number of hydrogen-bond donors (Lipinski definition) is 2. The highest BCUT2D eigenvalue weighted by molar-refractivity contribution is 5.82. The highest BCUT2D eigenvalue weighted by Crippen LogP contribution is 2.16. The van der Waals surface area contributed by atoms with E-state index in [1.165, 1.54) is 6.92 Å². The zero-order chi connectivity index (χ0) is 14.1. The van der Waals surface area contributed by atoms with Crippen molar-refractivity contribution in [3.8, 4) is 0 Å². The first-order chi connectivity index (χ1) is 9.15. The molecule has 1 rings (SSSR count). The number of anilines is 1. The summed E-state index contributed by atoms with van der Waals surface area (Å²) in [6, 6.07) is 7.22. The maximum Gasteiger partial charge on any atom is 0.150 e. The Balaban J connectivity index is 2.38. The van der Waals surface area contributed by atoms with E-state index >= 15 is 0 Å². The second kappa shape index (κ2) is 8.67. The van der Waals surface area contributed by atoms with E-state index < -0.39 is 6.04 Å². The number of nitrogens with one attached hydrogen (secondary N) is 1. The lowest BCUT2D eigenvalue weighted by atomic mass is 10.0. The lowest BCUT2D eigenvalue weighted by molar-refractivity contribution is -0.118. The van der Waals surface area contributed by atoms with Crippen LogP contribution in [-0.4, -0.2) is 26.0 Å². The number of Topliss-reactive ketones (excluding diaryl/α,β-unsaturated/α-hetero) is 1. The topological polar surface area (TPSA) is 64.3 Å². The smallest absolute Gasteiger partial charge is 0.150 e. The number of benzene rings is 1. The normalized spacial score (nSPS) is 12.2. The number of methoxy groups -OCH3 is 1. The maximum absolute atomic E-state index is 11.3. The molecular weight excluding hydrogens is 240 g/mol. The predicted molar refractivity (Wildman–Crippen MR) is 78.3 cm³/mol. The Hall–Kier alpha value is -1.39. The van der Waals surface area contributed by atoms with Crippen LogP contribution >= 0.6 is 0 Å². The number of rotatable bonds is 9. The van der Waals surface area contributed by atoms with Crippen LogP contribution in [0.2, 0.25) is 0 Å². The number of ether oxygens (including phenoxy) is 1. The monoisotopic (exact) mass is 264 g/mol. The number of hydrogen-bond acceptors (Lipinski definition) is 4. The zero-order valence-corrected chi connectivity index (χ0v) is 11.8. The van der Waals surface area contributed by atoms with Crippen LogP contribution in [0.3, 0.4) is 0 Å². The highest BCUT2D eigenvalue weighted by Gasteiger charge is 2.10. The second-order valence-corrected chi connectivity index (χ2v) is 4.69. The van der Waals surface area contributed by atoms with Crippen molar-refractivity contribution in [1.29, 1.82) is 0 Å². The molecule has 0 saturated heterocycles. The Morgan fingerprint density at radius 1 is 1.37 bits per heavy atom. The van der Waals surface area contributed by atoms with Gasteiger partial charge in [0.25, 0.3) is 0 Å². The second-order valence-electron chi connectivity index (χ2n) is 4.69. The summed E-state index contributed by atoms with van der Waals surface area (Å²) in [5.41, 5.74) is 7.70. The summed E-state index contributed by atoms with van der Waals surface area (Å²) in [5, 5.41) is 3.35. The van der Waals surface area contributed by atoms with Gasteiger partial charge in [-0.05, 0) is 43.9 Å². The largest absolute Gasteiger partial charge is 0.385 e. The maximum atomic E-state index is 11.3. The van der Waals surface area contributed by atoms with Gasteiger partial charge in [-0.2, -0.15) is 0 Å². The van der Waals surface area contributed by atoms with Gasteiger partial charge in [-0.3, -0.25) is 4.79 Å². The summed E-state index contributed by atoms with van der Waals surface area (Å²) in [5.74, 6) is -0.0169. The molecule has 3 N–H and O–H groups in total. The number of unbranched alkanes of at least 4 members (excludes halogenated alkanes) is 2. The standard InChI is InChI=1S/C15H24N2O2/c1-12(18)15(16)13-7-6-8-14(11-13)17-9-4-3-5-10-19-2/h6-8,11,15,17H,3-5,9-10,16H2,1-2H3. The Labute approximate surface area is 115 Å². The molecule has 0 fully saturated rings. The van der Waals surface area contributed by atoms with Crippen LogP contribution in [0, 0.1) is 0 Å². The summed E-state index contributed by atoms with van der Waals surface area (Å²) in [6.45, 7) is 3.26. The van der Waals surface area contributed by atoms with Crippen LogP contribution < -0.4 is 11.1 Å². The van der Waals surface area contributed by atoms with E-state index in [1.807, 2.05) is 24.3 Å². The van der Waals surface area contributed by atoms with E-state index in [9.17, 15) is 4.79 Å². The molecule has 0 aliphatic rings. The first kappa shape index (κ1) is 15.7. The van der Waals surface area contributed by atoms with Gasteiger partial charge in [0.05, 0.1) is 6.04 Å².